The van der Waals surface area contributed by atoms with Crippen LogP contribution in [0.3, 0.4) is 0 Å². The zero-order valence-electron chi connectivity index (χ0n) is 12.9. The van der Waals surface area contributed by atoms with Crippen LogP contribution in [0.15, 0.2) is 45.0 Å². The van der Waals surface area contributed by atoms with E-state index in [-0.39, 0.29) is 11.2 Å². The molecule has 0 N–H and O–H groups in total. The molecule has 2 aliphatic rings. The van der Waals surface area contributed by atoms with Crippen LogP contribution < -0.4 is 0 Å². The highest BCUT2D eigenvalue weighted by Crippen LogP contribution is 2.43. The summed E-state index contributed by atoms with van der Waals surface area (Å²) in [7, 11) is 1.34. The number of aliphatic imine (C=N–C) groups is 1. The van der Waals surface area contributed by atoms with Crippen molar-refractivity contribution in [3.05, 3.63) is 45.6 Å². The van der Waals surface area contributed by atoms with Crippen LogP contribution in [0.4, 0.5) is 0 Å². The van der Waals surface area contributed by atoms with Gasteiger partial charge in [0.05, 0.1) is 29.7 Å². The van der Waals surface area contributed by atoms with Crippen molar-refractivity contribution in [1.82, 2.24) is 4.90 Å². The summed E-state index contributed by atoms with van der Waals surface area (Å²) < 4.78 is 5.81. The van der Waals surface area contributed by atoms with E-state index >= 15 is 0 Å². The number of fused-ring (bicyclic) bond motifs is 1. The second-order valence-electron chi connectivity index (χ2n) is 5.31. The first-order chi connectivity index (χ1) is 10.9. The Hall–Kier alpha value is -1.60. The molecule has 2 heterocycles. The van der Waals surface area contributed by atoms with Crippen LogP contribution >= 0.6 is 27.7 Å². The molecule has 0 bridgehead atoms. The van der Waals surface area contributed by atoms with Crippen molar-refractivity contribution in [3.8, 4) is 0 Å². The number of esters is 1. The Morgan fingerprint density at radius 2 is 2.17 bits per heavy atom. The van der Waals surface area contributed by atoms with Gasteiger partial charge >= 0.3 is 5.97 Å². The van der Waals surface area contributed by atoms with E-state index in [9.17, 15) is 9.59 Å². The third kappa shape index (κ3) is 2.72. The van der Waals surface area contributed by atoms with Crippen LogP contribution in [-0.2, 0) is 14.3 Å². The van der Waals surface area contributed by atoms with E-state index in [1.54, 1.807) is 11.8 Å². The molecular weight excluding hydrogens is 380 g/mol. The predicted octanol–water partition coefficient (Wildman–Crippen LogP) is 3.27. The predicted molar refractivity (Wildman–Crippen MR) is 92.9 cm³/mol. The quantitative estimate of drug-likeness (QED) is 0.722. The third-order valence-corrected chi connectivity index (χ3v) is 5.38. The number of nitrogens with zero attached hydrogens (tertiary/aromatic N) is 2. The van der Waals surface area contributed by atoms with Gasteiger partial charge in [0.2, 0.25) is 5.91 Å². The largest absolute Gasteiger partial charge is 0.466 e. The number of methoxy groups -OCH3 is 1. The van der Waals surface area contributed by atoms with Gasteiger partial charge in [-0.1, -0.05) is 39.8 Å². The Bertz CT molecular complexity index is 759. The lowest BCUT2D eigenvalue weighted by atomic mass is 9.94. The zero-order valence-corrected chi connectivity index (χ0v) is 15.3. The summed E-state index contributed by atoms with van der Waals surface area (Å²) in [4.78, 5) is 31.0. The smallest absolute Gasteiger partial charge is 0.338 e. The van der Waals surface area contributed by atoms with Gasteiger partial charge < -0.3 is 4.74 Å². The number of thioether (sulfide) groups is 1. The van der Waals surface area contributed by atoms with E-state index in [4.69, 9.17) is 4.74 Å². The third-order valence-electron chi connectivity index (χ3n) is 3.83. The standard InChI is InChI=1S/C16H15BrN2O3S/c1-8-12(15(21)22-3)13(10-5-4-6-11(17)7-10)19-14(20)9(2)23-16(19)18-8/h4-7,9,13H,1-3H3/t9-,13-/m1/s1. The average molecular weight is 395 g/mol. The summed E-state index contributed by atoms with van der Waals surface area (Å²) >= 11 is 4.86. The molecule has 0 spiro atoms. The molecule has 7 heteroatoms. The molecule has 3 rings (SSSR count). The van der Waals surface area contributed by atoms with Gasteiger partial charge in [-0.2, -0.15) is 0 Å². The highest BCUT2D eigenvalue weighted by Gasteiger charge is 2.46. The minimum atomic E-state index is -0.516. The van der Waals surface area contributed by atoms with Gasteiger partial charge in [-0.25, -0.2) is 9.79 Å². The maximum atomic E-state index is 12.6. The number of amidine groups is 1. The highest BCUT2D eigenvalue weighted by molar-refractivity contribution is 9.10. The molecule has 1 saturated heterocycles. The summed E-state index contributed by atoms with van der Waals surface area (Å²) in [6.45, 7) is 3.62. The first-order valence-electron chi connectivity index (χ1n) is 7.07. The van der Waals surface area contributed by atoms with Crippen LogP contribution in [0.2, 0.25) is 0 Å². The molecule has 0 aliphatic carbocycles. The number of ether oxygens (including phenoxy) is 1. The molecule has 0 saturated carbocycles. The van der Waals surface area contributed by atoms with E-state index in [2.05, 4.69) is 20.9 Å². The lowest BCUT2D eigenvalue weighted by Crippen LogP contribution is -2.40. The molecular formula is C16H15BrN2O3S. The second-order valence-corrected chi connectivity index (χ2v) is 7.53. The minimum Gasteiger partial charge on any atom is -0.466 e. The van der Waals surface area contributed by atoms with Crippen LogP contribution in [0.25, 0.3) is 0 Å². The molecule has 2 aliphatic heterocycles. The average Bonchev–Trinajstić information content (AvgIpc) is 2.79. The van der Waals surface area contributed by atoms with E-state index in [0.717, 1.165) is 10.0 Å². The number of halogens is 1. The fourth-order valence-electron chi connectivity index (χ4n) is 2.77. The van der Waals surface area contributed by atoms with Gasteiger partial charge in [0.25, 0.3) is 0 Å². The first-order valence-corrected chi connectivity index (χ1v) is 8.74. The molecule has 0 aromatic heterocycles. The van der Waals surface area contributed by atoms with Gasteiger partial charge in [0.1, 0.15) is 0 Å². The van der Waals surface area contributed by atoms with Crippen LogP contribution in [0, 0.1) is 0 Å². The van der Waals surface area contributed by atoms with E-state index in [0.29, 0.717) is 16.4 Å². The fourth-order valence-corrected chi connectivity index (χ4v) is 4.21. The number of hydrogen-bond donors (Lipinski definition) is 0. The molecule has 1 fully saturated rings. The summed E-state index contributed by atoms with van der Waals surface area (Å²) in [6, 6.07) is 7.07. The van der Waals surface area contributed by atoms with Crippen molar-refractivity contribution in [1.29, 1.82) is 0 Å². The van der Waals surface area contributed by atoms with Crippen molar-refractivity contribution in [2.24, 2.45) is 4.99 Å². The number of amides is 1. The molecule has 0 unspecified atom stereocenters. The Morgan fingerprint density at radius 1 is 1.43 bits per heavy atom. The van der Waals surface area contributed by atoms with Crippen molar-refractivity contribution in [3.63, 3.8) is 0 Å². The fraction of sp³-hybridized carbons (Fsp3) is 0.312. The molecule has 2 atom stereocenters. The number of rotatable bonds is 2. The summed E-state index contributed by atoms with van der Waals surface area (Å²) in [5, 5.41) is 0.422. The molecule has 23 heavy (non-hydrogen) atoms. The lowest BCUT2D eigenvalue weighted by molar-refractivity contribution is -0.137. The van der Waals surface area contributed by atoms with E-state index in [1.165, 1.54) is 18.9 Å². The van der Waals surface area contributed by atoms with Gasteiger partial charge in [-0.15, -0.1) is 0 Å². The van der Waals surface area contributed by atoms with Gasteiger partial charge in [0.15, 0.2) is 5.17 Å². The minimum absolute atomic E-state index is 0.0485. The maximum absolute atomic E-state index is 12.6. The van der Waals surface area contributed by atoms with Crippen molar-refractivity contribution in [2.75, 3.05) is 7.11 Å². The number of benzene rings is 1. The second kappa shape index (κ2) is 6.13. The number of allylic oxidation sites excluding steroid dienone is 1. The zero-order chi connectivity index (χ0) is 16.7. The van der Waals surface area contributed by atoms with Crippen LogP contribution in [0.5, 0.6) is 0 Å². The summed E-state index contributed by atoms with van der Waals surface area (Å²) in [5.74, 6) is -0.514. The van der Waals surface area contributed by atoms with Crippen LogP contribution in [-0.4, -0.2) is 34.3 Å². The van der Waals surface area contributed by atoms with Crippen molar-refractivity contribution >= 4 is 44.7 Å². The highest BCUT2D eigenvalue weighted by atomic mass is 79.9. The van der Waals surface area contributed by atoms with Gasteiger partial charge in [-0.05, 0) is 31.5 Å². The normalized spacial score (nSPS) is 23.7. The Morgan fingerprint density at radius 3 is 2.83 bits per heavy atom. The summed E-state index contributed by atoms with van der Waals surface area (Å²) in [5.41, 5.74) is 1.83. The first kappa shape index (κ1) is 16.3. The monoisotopic (exact) mass is 394 g/mol. The Labute approximate surface area is 146 Å². The molecule has 1 aromatic carbocycles. The number of carbonyl (C=O) groups excluding carboxylic acids is 2. The molecule has 1 aromatic rings. The number of carbonyl (C=O) groups is 2. The topological polar surface area (TPSA) is 59.0 Å². The SMILES string of the molecule is COC(=O)C1=C(C)N=C2S[C@H](C)C(=O)N2[C@@H]1c1cccc(Br)c1. The van der Waals surface area contributed by atoms with Gasteiger partial charge in [0, 0.05) is 4.47 Å². The molecule has 0 radical (unpaired) electrons. The van der Waals surface area contributed by atoms with Crippen molar-refractivity contribution in [2.45, 2.75) is 25.1 Å². The Balaban J connectivity index is 2.19. The van der Waals surface area contributed by atoms with E-state index < -0.39 is 12.0 Å². The molecule has 5 nitrogen and oxygen atoms in total. The van der Waals surface area contributed by atoms with Crippen LogP contribution in [0.1, 0.15) is 25.5 Å². The van der Waals surface area contributed by atoms with Gasteiger partial charge in [-0.3, -0.25) is 9.69 Å². The number of hydrogen-bond acceptors (Lipinski definition) is 5. The Kier molecular flexibility index (Phi) is 4.33. The molecule has 1 amide bonds. The lowest BCUT2D eigenvalue weighted by Gasteiger charge is -2.32. The maximum Gasteiger partial charge on any atom is 0.338 e. The van der Waals surface area contributed by atoms with Crippen molar-refractivity contribution < 1.29 is 14.3 Å². The molecule has 120 valence electrons. The van der Waals surface area contributed by atoms with E-state index in [1.807, 2.05) is 31.2 Å². The summed E-state index contributed by atoms with van der Waals surface area (Å²) in [6.07, 6.45) is 0.